The smallest absolute Gasteiger partial charge is 0.102 e. The van der Waals surface area contributed by atoms with E-state index in [1.165, 1.54) is 0 Å². The van der Waals surface area contributed by atoms with E-state index in [2.05, 4.69) is 9.97 Å². The lowest BCUT2D eigenvalue weighted by Gasteiger charge is -2.10. The second-order valence-electron chi connectivity index (χ2n) is 3.93. The molecule has 0 aliphatic heterocycles. The van der Waals surface area contributed by atoms with E-state index in [1.807, 2.05) is 31.2 Å². The Morgan fingerprint density at radius 1 is 1.29 bits per heavy atom. The summed E-state index contributed by atoms with van der Waals surface area (Å²) in [6.45, 7) is 1.86. The fourth-order valence-electron chi connectivity index (χ4n) is 1.57. The summed E-state index contributed by atoms with van der Waals surface area (Å²) in [5.41, 5.74) is 2.40. The Morgan fingerprint density at radius 2 is 2.12 bits per heavy atom. The van der Waals surface area contributed by atoms with Crippen LogP contribution in [0.1, 0.15) is 23.1 Å². The molecule has 0 fully saturated rings. The highest BCUT2D eigenvalue weighted by Gasteiger charge is 2.10. The molecule has 1 heterocycles. The number of halogens is 1. The lowest BCUT2D eigenvalue weighted by Crippen LogP contribution is -2.05. The Bertz CT molecular complexity index is 499. The maximum absolute atomic E-state index is 10.0. The van der Waals surface area contributed by atoms with Crippen molar-refractivity contribution in [3.8, 4) is 0 Å². The van der Waals surface area contributed by atoms with Gasteiger partial charge in [-0.05, 0) is 24.6 Å². The largest absolute Gasteiger partial charge is 0.386 e. The summed E-state index contributed by atoms with van der Waals surface area (Å²) in [6.07, 6.45) is 3.08. The molecule has 1 N–H and O–H groups in total. The van der Waals surface area contributed by atoms with Gasteiger partial charge in [-0.2, -0.15) is 0 Å². The highest BCUT2D eigenvalue weighted by Crippen LogP contribution is 2.18. The first kappa shape index (κ1) is 12.0. The first-order valence-electron chi connectivity index (χ1n) is 5.36. The topological polar surface area (TPSA) is 46.0 Å². The third-order valence-electron chi connectivity index (χ3n) is 2.46. The van der Waals surface area contributed by atoms with Crippen LogP contribution in [0.2, 0.25) is 5.02 Å². The number of hydrogen-bond acceptors (Lipinski definition) is 3. The number of hydrogen-bond donors (Lipinski definition) is 1. The number of benzene rings is 1. The highest BCUT2D eigenvalue weighted by molar-refractivity contribution is 6.30. The van der Waals surface area contributed by atoms with Gasteiger partial charge in [0.05, 0.1) is 17.6 Å². The van der Waals surface area contributed by atoms with E-state index < -0.39 is 6.10 Å². The quantitative estimate of drug-likeness (QED) is 0.909. The van der Waals surface area contributed by atoms with Crippen molar-refractivity contribution >= 4 is 11.6 Å². The minimum Gasteiger partial charge on any atom is -0.386 e. The Kier molecular flexibility index (Phi) is 3.71. The number of aliphatic hydroxyl groups excluding tert-OH is 1. The maximum atomic E-state index is 10.0. The van der Waals surface area contributed by atoms with Crippen molar-refractivity contribution in [3.63, 3.8) is 0 Å². The predicted molar refractivity (Wildman–Crippen MR) is 66.9 cm³/mol. The van der Waals surface area contributed by atoms with Crippen molar-refractivity contribution in [2.45, 2.75) is 19.4 Å². The molecule has 0 saturated heterocycles. The minimum atomic E-state index is -0.651. The number of rotatable bonds is 3. The van der Waals surface area contributed by atoms with E-state index in [4.69, 9.17) is 11.6 Å². The summed E-state index contributed by atoms with van der Waals surface area (Å²) in [5.74, 6) is 0. The van der Waals surface area contributed by atoms with Gasteiger partial charge < -0.3 is 5.11 Å². The Hall–Kier alpha value is -1.45. The molecule has 1 aromatic carbocycles. The van der Waals surface area contributed by atoms with Crippen molar-refractivity contribution in [2.75, 3.05) is 0 Å². The normalized spacial score (nSPS) is 12.4. The van der Waals surface area contributed by atoms with Crippen molar-refractivity contribution in [1.29, 1.82) is 0 Å². The molecule has 1 aromatic heterocycles. The van der Waals surface area contributed by atoms with Gasteiger partial charge in [-0.25, -0.2) is 0 Å². The number of aliphatic hydroxyl groups is 1. The molecule has 4 heteroatoms. The third-order valence-corrected chi connectivity index (χ3v) is 2.70. The number of aryl methyl sites for hydroxylation is 1. The van der Waals surface area contributed by atoms with E-state index in [0.717, 1.165) is 11.3 Å². The van der Waals surface area contributed by atoms with Gasteiger partial charge in [0.25, 0.3) is 0 Å². The van der Waals surface area contributed by atoms with Gasteiger partial charge in [0.1, 0.15) is 6.10 Å². The molecule has 3 nitrogen and oxygen atoms in total. The molecule has 0 saturated carbocycles. The summed E-state index contributed by atoms with van der Waals surface area (Å²) in [5, 5.41) is 10.7. The van der Waals surface area contributed by atoms with Crippen LogP contribution in [-0.4, -0.2) is 15.1 Å². The fourth-order valence-corrected chi connectivity index (χ4v) is 1.78. The summed E-state index contributed by atoms with van der Waals surface area (Å²) >= 11 is 5.89. The van der Waals surface area contributed by atoms with Crippen LogP contribution in [0.5, 0.6) is 0 Å². The van der Waals surface area contributed by atoms with Gasteiger partial charge in [0.15, 0.2) is 0 Å². The molecule has 0 radical (unpaired) electrons. The molecule has 88 valence electrons. The zero-order valence-corrected chi connectivity index (χ0v) is 10.2. The van der Waals surface area contributed by atoms with Crippen LogP contribution in [0.4, 0.5) is 0 Å². The highest BCUT2D eigenvalue weighted by atomic mass is 35.5. The van der Waals surface area contributed by atoms with E-state index >= 15 is 0 Å². The third kappa shape index (κ3) is 3.25. The Balaban J connectivity index is 2.11. The maximum Gasteiger partial charge on any atom is 0.102 e. The molecule has 0 aliphatic carbocycles. The minimum absolute atomic E-state index is 0.484. The lowest BCUT2D eigenvalue weighted by atomic mass is 10.1. The summed E-state index contributed by atoms with van der Waals surface area (Å²) in [4.78, 5) is 8.26. The first-order valence-corrected chi connectivity index (χ1v) is 5.74. The van der Waals surface area contributed by atoms with Crippen LogP contribution in [-0.2, 0) is 6.42 Å². The molecule has 0 amide bonds. The van der Waals surface area contributed by atoms with Gasteiger partial charge in [-0.1, -0.05) is 23.7 Å². The molecule has 2 aromatic rings. The first-order chi connectivity index (χ1) is 8.15. The molecule has 1 atom stereocenters. The van der Waals surface area contributed by atoms with Gasteiger partial charge in [0, 0.05) is 17.6 Å². The molecular formula is C13H13ClN2O. The van der Waals surface area contributed by atoms with Crippen LogP contribution in [0.25, 0.3) is 0 Å². The van der Waals surface area contributed by atoms with Crippen molar-refractivity contribution in [2.24, 2.45) is 0 Å². The van der Waals surface area contributed by atoms with Gasteiger partial charge in [-0.15, -0.1) is 0 Å². The van der Waals surface area contributed by atoms with E-state index in [9.17, 15) is 5.11 Å². The summed E-state index contributed by atoms with van der Waals surface area (Å²) in [6, 6.07) is 7.44. The second kappa shape index (κ2) is 5.25. The van der Waals surface area contributed by atoms with Gasteiger partial charge in [-0.3, -0.25) is 9.97 Å². The van der Waals surface area contributed by atoms with Gasteiger partial charge in [0.2, 0.25) is 0 Å². The van der Waals surface area contributed by atoms with Crippen LogP contribution in [0.3, 0.4) is 0 Å². The van der Waals surface area contributed by atoms with Crippen molar-refractivity contribution in [3.05, 3.63) is 58.6 Å². The van der Waals surface area contributed by atoms with E-state index in [-0.39, 0.29) is 0 Å². The van der Waals surface area contributed by atoms with Crippen LogP contribution in [0.15, 0.2) is 36.7 Å². The zero-order chi connectivity index (χ0) is 12.3. The van der Waals surface area contributed by atoms with Crippen LogP contribution < -0.4 is 0 Å². The molecule has 0 bridgehead atoms. The van der Waals surface area contributed by atoms with Crippen LogP contribution >= 0.6 is 11.6 Å². The Labute approximate surface area is 105 Å². The van der Waals surface area contributed by atoms with E-state index in [0.29, 0.717) is 17.1 Å². The van der Waals surface area contributed by atoms with Crippen LogP contribution in [0, 0.1) is 6.92 Å². The van der Waals surface area contributed by atoms with Gasteiger partial charge >= 0.3 is 0 Å². The molecule has 17 heavy (non-hydrogen) atoms. The molecule has 0 spiro atoms. The standard InChI is InChI=1S/C13H13ClN2O/c1-9-7-16-12(8-15-9)13(17)6-10-3-2-4-11(14)5-10/h2-5,7-8,13,17H,6H2,1H3. The Morgan fingerprint density at radius 3 is 2.76 bits per heavy atom. The SMILES string of the molecule is Cc1cnc(C(O)Cc2cccc(Cl)c2)cn1. The predicted octanol–water partition coefficient (Wildman–Crippen LogP) is 2.71. The molecular weight excluding hydrogens is 236 g/mol. The molecule has 1 unspecified atom stereocenters. The zero-order valence-electron chi connectivity index (χ0n) is 9.47. The monoisotopic (exact) mass is 248 g/mol. The van der Waals surface area contributed by atoms with E-state index in [1.54, 1.807) is 12.4 Å². The van der Waals surface area contributed by atoms with Crippen molar-refractivity contribution in [1.82, 2.24) is 9.97 Å². The molecule has 2 rings (SSSR count). The summed E-state index contributed by atoms with van der Waals surface area (Å²) < 4.78 is 0. The molecule has 0 aliphatic rings. The second-order valence-corrected chi connectivity index (χ2v) is 4.37. The number of aromatic nitrogens is 2. The average molecular weight is 249 g/mol. The lowest BCUT2D eigenvalue weighted by molar-refractivity contribution is 0.173. The average Bonchev–Trinajstić information content (AvgIpc) is 2.29. The fraction of sp³-hybridized carbons (Fsp3) is 0.231. The number of nitrogens with zero attached hydrogens (tertiary/aromatic N) is 2. The van der Waals surface area contributed by atoms with Crippen molar-refractivity contribution < 1.29 is 5.11 Å². The summed E-state index contributed by atoms with van der Waals surface area (Å²) in [7, 11) is 0.